The summed E-state index contributed by atoms with van der Waals surface area (Å²) in [7, 11) is 1.21. The summed E-state index contributed by atoms with van der Waals surface area (Å²) >= 11 is 1.23. The van der Waals surface area contributed by atoms with Gasteiger partial charge in [-0.3, -0.25) is 9.59 Å². The number of hydrogen-bond acceptors (Lipinski definition) is 6. The van der Waals surface area contributed by atoms with Crippen molar-refractivity contribution in [3.8, 4) is 0 Å². The Labute approximate surface area is 107 Å². The topological polar surface area (TPSA) is 106 Å². The van der Waals surface area contributed by atoms with Crippen molar-refractivity contribution in [2.24, 2.45) is 0 Å². The molecule has 1 rings (SSSR count). The van der Waals surface area contributed by atoms with Gasteiger partial charge in [-0.25, -0.2) is 9.78 Å². The fraction of sp³-hybridized carbons (Fsp3) is 0.400. The number of amides is 1. The molecule has 1 heterocycles. The second kappa shape index (κ2) is 6.70. The van der Waals surface area contributed by atoms with E-state index >= 15 is 0 Å². The Morgan fingerprint density at radius 2 is 2.28 bits per heavy atom. The molecule has 0 saturated heterocycles. The number of methoxy groups -OCH3 is 1. The molecule has 8 heteroatoms. The van der Waals surface area contributed by atoms with Crippen LogP contribution in [0.1, 0.15) is 23.3 Å². The van der Waals surface area contributed by atoms with Crippen LogP contribution in [-0.2, 0) is 14.3 Å². The largest absolute Gasteiger partial charge is 0.480 e. The van der Waals surface area contributed by atoms with Gasteiger partial charge in [0.05, 0.1) is 12.6 Å². The molecule has 0 aliphatic carbocycles. The molecule has 1 aromatic rings. The number of thiazole rings is 1. The average molecular weight is 272 g/mol. The van der Waals surface area contributed by atoms with E-state index in [1.165, 1.54) is 29.3 Å². The maximum absolute atomic E-state index is 11.6. The molecule has 0 aliphatic rings. The van der Waals surface area contributed by atoms with E-state index in [1.54, 1.807) is 0 Å². The number of carbonyl (C=O) groups is 3. The van der Waals surface area contributed by atoms with Gasteiger partial charge in [-0.05, 0) is 6.42 Å². The van der Waals surface area contributed by atoms with E-state index < -0.39 is 23.9 Å². The number of nitrogens with one attached hydrogen (secondary N) is 1. The molecule has 98 valence electrons. The van der Waals surface area contributed by atoms with Crippen molar-refractivity contribution in [2.75, 3.05) is 7.11 Å². The normalized spacial score (nSPS) is 11.6. The van der Waals surface area contributed by atoms with Crippen molar-refractivity contribution in [3.05, 3.63) is 16.6 Å². The summed E-state index contributed by atoms with van der Waals surface area (Å²) in [5, 5.41) is 12.7. The summed E-state index contributed by atoms with van der Waals surface area (Å²) in [5.74, 6) is -2.31. The minimum atomic E-state index is -1.21. The maximum Gasteiger partial charge on any atom is 0.326 e. The summed E-state index contributed by atoms with van der Waals surface area (Å²) in [6, 6.07) is -1.14. The van der Waals surface area contributed by atoms with Gasteiger partial charge >= 0.3 is 11.9 Å². The van der Waals surface area contributed by atoms with Crippen LogP contribution in [0.5, 0.6) is 0 Å². The van der Waals surface area contributed by atoms with Crippen LogP contribution in [-0.4, -0.2) is 41.1 Å². The molecule has 0 aromatic carbocycles. The minimum Gasteiger partial charge on any atom is -0.480 e. The Bertz CT molecular complexity index is 431. The van der Waals surface area contributed by atoms with Gasteiger partial charge in [0.2, 0.25) is 0 Å². The van der Waals surface area contributed by atoms with Crippen LogP contribution in [0.3, 0.4) is 0 Å². The van der Waals surface area contributed by atoms with Crippen molar-refractivity contribution in [1.29, 1.82) is 0 Å². The number of rotatable bonds is 6. The Morgan fingerprint density at radius 1 is 1.56 bits per heavy atom. The lowest BCUT2D eigenvalue weighted by atomic mass is 10.1. The Kier molecular flexibility index (Phi) is 5.25. The summed E-state index contributed by atoms with van der Waals surface area (Å²) in [6.45, 7) is 0. The minimum absolute atomic E-state index is 0.0299. The van der Waals surface area contributed by atoms with E-state index in [1.807, 2.05) is 0 Å². The second-order valence-electron chi connectivity index (χ2n) is 3.35. The molecule has 0 aliphatic heterocycles. The van der Waals surface area contributed by atoms with Crippen molar-refractivity contribution < 1.29 is 24.2 Å². The highest BCUT2D eigenvalue weighted by molar-refractivity contribution is 7.07. The highest BCUT2D eigenvalue weighted by Gasteiger charge is 2.22. The first-order chi connectivity index (χ1) is 8.54. The molecule has 1 aromatic heterocycles. The van der Waals surface area contributed by atoms with Crippen LogP contribution in [0, 0.1) is 0 Å². The van der Waals surface area contributed by atoms with Gasteiger partial charge in [0.1, 0.15) is 11.7 Å². The molecule has 18 heavy (non-hydrogen) atoms. The quantitative estimate of drug-likeness (QED) is 0.720. The zero-order valence-corrected chi connectivity index (χ0v) is 10.4. The zero-order chi connectivity index (χ0) is 13.5. The van der Waals surface area contributed by atoms with E-state index in [4.69, 9.17) is 5.11 Å². The van der Waals surface area contributed by atoms with Gasteiger partial charge in [-0.1, -0.05) is 0 Å². The number of aromatic nitrogens is 1. The molecule has 1 amide bonds. The van der Waals surface area contributed by atoms with Crippen LogP contribution in [0.15, 0.2) is 10.9 Å². The van der Waals surface area contributed by atoms with Crippen LogP contribution in [0.4, 0.5) is 0 Å². The maximum atomic E-state index is 11.6. The van der Waals surface area contributed by atoms with E-state index in [0.29, 0.717) is 0 Å². The first kappa shape index (κ1) is 14.1. The van der Waals surface area contributed by atoms with Gasteiger partial charge in [-0.15, -0.1) is 11.3 Å². The monoisotopic (exact) mass is 272 g/mol. The molecule has 0 spiro atoms. The lowest BCUT2D eigenvalue weighted by molar-refractivity contribution is -0.142. The number of hydrogen-bond donors (Lipinski definition) is 2. The van der Waals surface area contributed by atoms with E-state index in [-0.39, 0.29) is 18.5 Å². The number of aliphatic carboxylic acids is 1. The Balaban J connectivity index is 2.55. The lowest BCUT2D eigenvalue weighted by Crippen LogP contribution is -2.41. The predicted octanol–water partition coefficient (Wildman–Crippen LogP) is 0.279. The Morgan fingerprint density at radius 3 is 2.78 bits per heavy atom. The number of carboxylic acids is 1. The number of carbonyl (C=O) groups excluding carboxylic acids is 2. The highest BCUT2D eigenvalue weighted by atomic mass is 32.1. The second-order valence-corrected chi connectivity index (χ2v) is 4.07. The molecular weight excluding hydrogens is 260 g/mol. The summed E-state index contributed by atoms with van der Waals surface area (Å²) in [5.41, 5.74) is 1.63. The van der Waals surface area contributed by atoms with Gasteiger partial charge in [0, 0.05) is 11.8 Å². The van der Waals surface area contributed by atoms with Crippen LogP contribution in [0.25, 0.3) is 0 Å². The predicted molar refractivity (Wildman–Crippen MR) is 62.3 cm³/mol. The van der Waals surface area contributed by atoms with Gasteiger partial charge in [-0.2, -0.15) is 0 Å². The van der Waals surface area contributed by atoms with Gasteiger partial charge in [0.15, 0.2) is 0 Å². The van der Waals surface area contributed by atoms with Crippen molar-refractivity contribution in [2.45, 2.75) is 18.9 Å². The van der Waals surface area contributed by atoms with Gasteiger partial charge < -0.3 is 15.2 Å². The molecule has 7 nitrogen and oxygen atoms in total. The van der Waals surface area contributed by atoms with Gasteiger partial charge in [0.25, 0.3) is 5.91 Å². The van der Waals surface area contributed by atoms with Crippen LogP contribution >= 0.6 is 11.3 Å². The molecule has 0 fully saturated rings. The summed E-state index contributed by atoms with van der Waals surface area (Å²) in [4.78, 5) is 37.2. The van der Waals surface area contributed by atoms with Crippen LogP contribution in [0.2, 0.25) is 0 Å². The molecule has 0 bridgehead atoms. The summed E-state index contributed by atoms with van der Waals surface area (Å²) in [6.07, 6.45) is -0.108. The van der Waals surface area contributed by atoms with Crippen LogP contribution < -0.4 is 5.32 Å². The highest BCUT2D eigenvalue weighted by Crippen LogP contribution is 2.04. The fourth-order valence-corrected chi connectivity index (χ4v) is 1.71. The Hall–Kier alpha value is -1.96. The molecule has 0 saturated carbocycles. The molecule has 1 unspecified atom stereocenters. The molecule has 1 atom stereocenters. The third-order valence-corrected chi connectivity index (χ3v) is 2.72. The van der Waals surface area contributed by atoms with Crippen molar-refractivity contribution in [3.63, 3.8) is 0 Å². The number of carboxylic acid groups (broad SMARTS) is 1. The van der Waals surface area contributed by atoms with E-state index in [0.717, 1.165) is 0 Å². The summed E-state index contributed by atoms with van der Waals surface area (Å²) < 4.78 is 4.40. The first-order valence-electron chi connectivity index (χ1n) is 5.03. The molecule has 0 radical (unpaired) electrons. The molecular formula is C10H12N2O5S. The lowest BCUT2D eigenvalue weighted by Gasteiger charge is -2.12. The van der Waals surface area contributed by atoms with E-state index in [9.17, 15) is 14.4 Å². The van der Waals surface area contributed by atoms with Crippen molar-refractivity contribution in [1.82, 2.24) is 10.3 Å². The zero-order valence-electron chi connectivity index (χ0n) is 9.58. The number of ether oxygens (including phenoxy) is 1. The number of esters is 1. The average Bonchev–Trinajstić information content (AvgIpc) is 2.87. The van der Waals surface area contributed by atoms with E-state index in [2.05, 4.69) is 15.0 Å². The van der Waals surface area contributed by atoms with Crippen molar-refractivity contribution >= 4 is 29.2 Å². The number of nitrogens with zero attached hydrogens (tertiary/aromatic N) is 1. The SMILES string of the molecule is COC(=O)CCC(NC(=O)c1cscn1)C(=O)O. The smallest absolute Gasteiger partial charge is 0.326 e. The molecule has 2 N–H and O–H groups in total. The third-order valence-electron chi connectivity index (χ3n) is 2.13. The third kappa shape index (κ3) is 4.13. The first-order valence-corrected chi connectivity index (χ1v) is 5.97. The standard InChI is InChI=1S/C10H12N2O5S/c1-17-8(13)3-2-6(10(15)16)12-9(14)7-4-18-5-11-7/h4-6H,2-3H2,1H3,(H,12,14)(H,15,16). The fourth-order valence-electron chi connectivity index (χ4n) is 1.18.